The van der Waals surface area contributed by atoms with Crippen LogP contribution in [0.3, 0.4) is 0 Å². The highest BCUT2D eigenvalue weighted by molar-refractivity contribution is 5.97. The topological polar surface area (TPSA) is 117 Å². The number of nitrogens with one attached hydrogen (secondary N) is 3. The van der Waals surface area contributed by atoms with Crippen molar-refractivity contribution in [3.8, 4) is 0 Å². The maximum absolute atomic E-state index is 12.2. The summed E-state index contributed by atoms with van der Waals surface area (Å²) in [6.07, 6.45) is 7.67. The third-order valence-corrected chi connectivity index (χ3v) is 4.29. The monoisotopic (exact) mass is 358 g/mol. The Morgan fingerprint density at radius 3 is 3.00 bits per heavy atom. The number of unbranched alkanes of at least 4 members (excludes halogenated alkanes) is 2. The van der Waals surface area contributed by atoms with Gasteiger partial charge in [-0.25, -0.2) is 0 Å². The molecule has 1 aliphatic heterocycles. The number of esters is 1. The van der Waals surface area contributed by atoms with Gasteiger partial charge in [0.2, 0.25) is 5.91 Å². The fraction of sp³-hybridized carbons (Fsp3) is 0.421. The summed E-state index contributed by atoms with van der Waals surface area (Å²) in [5, 5.41) is 12.7. The summed E-state index contributed by atoms with van der Waals surface area (Å²) in [5.41, 5.74) is 8.09. The average molecular weight is 358 g/mol. The molecule has 5 N–H and O–H groups in total. The molecular formula is C19H26N4O3. The number of carbonyl (C=O) groups excluding carboxylic acids is 2. The van der Waals surface area contributed by atoms with E-state index >= 15 is 0 Å². The summed E-state index contributed by atoms with van der Waals surface area (Å²) in [7, 11) is 1.33. The molecule has 1 aromatic carbocycles. The number of fused-ring (bicyclic) bond motifs is 1. The number of anilines is 1. The number of carbonyl (C=O) groups is 2. The summed E-state index contributed by atoms with van der Waals surface area (Å²) >= 11 is 0. The smallest absolute Gasteiger partial charge is 0.306 e. The van der Waals surface area contributed by atoms with Gasteiger partial charge in [0.05, 0.1) is 19.4 Å². The third kappa shape index (κ3) is 5.91. The van der Waals surface area contributed by atoms with Crippen molar-refractivity contribution in [2.24, 2.45) is 11.7 Å². The molecule has 0 spiro atoms. The first-order chi connectivity index (χ1) is 12.5. The predicted octanol–water partition coefficient (Wildman–Crippen LogP) is 2.03. The number of amides is 1. The van der Waals surface area contributed by atoms with Crippen molar-refractivity contribution in [1.29, 1.82) is 5.41 Å². The van der Waals surface area contributed by atoms with Crippen molar-refractivity contribution < 1.29 is 14.3 Å². The largest absolute Gasteiger partial charge is 0.469 e. The molecule has 7 nitrogen and oxygen atoms in total. The molecule has 0 saturated heterocycles. The van der Waals surface area contributed by atoms with Crippen molar-refractivity contribution in [2.75, 3.05) is 19.0 Å². The van der Waals surface area contributed by atoms with Crippen LogP contribution < -0.4 is 16.4 Å². The molecule has 0 saturated carbocycles. The molecule has 140 valence electrons. The van der Waals surface area contributed by atoms with Crippen LogP contribution in [0.5, 0.6) is 0 Å². The molecule has 0 fully saturated rings. The lowest BCUT2D eigenvalue weighted by Gasteiger charge is -2.24. The normalized spacial score (nSPS) is 16.0. The first kappa shape index (κ1) is 19.5. The maximum atomic E-state index is 12.2. The van der Waals surface area contributed by atoms with E-state index < -0.39 is 0 Å². The molecule has 0 aliphatic carbocycles. The van der Waals surface area contributed by atoms with Gasteiger partial charge in [0, 0.05) is 12.2 Å². The van der Waals surface area contributed by atoms with Crippen molar-refractivity contribution in [2.45, 2.75) is 32.1 Å². The number of hydrogen-bond acceptors (Lipinski definition) is 4. The number of nitrogens with two attached hydrogens (primary N) is 1. The molecule has 1 aromatic rings. The Kier molecular flexibility index (Phi) is 7.20. The Balaban J connectivity index is 1.86. The quantitative estimate of drug-likeness (QED) is 0.245. The van der Waals surface area contributed by atoms with Crippen LogP contribution in [0.1, 0.15) is 36.8 Å². The van der Waals surface area contributed by atoms with E-state index in [0.717, 1.165) is 36.1 Å². The van der Waals surface area contributed by atoms with Crippen molar-refractivity contribution in [1.82, 2.24) is 5.32 Å². The molecule has 1 aliphatic rings. The van der Waals surface area contributed by atoms with Gasteiger partial charge < -0.3 is 21.1 Å². The summed E-state index contributed by atoms with van der Waals surface area (Å²) in [6, 6.07) is 5.96. The van der Waals surface area contributed by atoms with Gasteiger partial charge in [-0.3, -0.25) is 15.0 Å². The zero-order valence-electron chi connectivity index (χ0n) is 15.0. The van der Waals surface area contributed by atoms with E-state index in [1.807, 2.05) is 24.3 Å². The highest BCUT2D eigenvalue weighted by Crippen LogP contribution is 2.28. The molecule has 26 heavy (non-hydrogen) atoms. The van der Waals surface area contributed by atoms with Gasteiger partial charge in [0.25, 0.3) is 0 Å². The third-order valence-electron chi connectivity index (χ3n) is 4.29. The van der Waals surface area contributed by atoms with Crippen LogP contribution in [0.25, 0.3) is 6.08 Å². The summed E-state index contributed by atoms with van der Waals surface area (Å²) in [6.45, 7) is 0.709. The van der Waals surface area contributed by atoms with E-state index in [1.165, 1.54) is 7.11 Å². The van der Waals surface area contributed by atoms with Gasteiger partial charge in [-0.15, -0.1) is 0 Å². The Labute approximate surface area is 153 Å². The van der Waals surface area contributed by atoms with Crippen LogP contribution in [0.2, 0.25) is 0 Å². The summed E-state index contributed by atoms with van der Waals surface area (Å²) in [4.78, 5) is 23.6. The van der Waals surface area contributed by atoms with Crippen molar-refractivity contribution in [3.05, 3.63) is 35.4 Å². The molecule has 0 radical (unpaired) electrons. The van der Waals surface area contributed by atoms with Crippen LogP contribution in [0, 0.1) is 11.3 Å². The van der Waals surface area contributed by atoms with Crippen molar-refractivity contribution >= 4 is 29.6 Å². The average Bonchev–Trinajstić information content (AvgIpc) is 2.61. The van der Waals surface area contributed by atoms with Crippen LogP contribution in [-0.4, -0.2) is 31.5 Å². The van der Waals surface area contributed by atoms with Crippen molar-refractivity contribution in [3.63, 3.8) is 0 Å². The van der Waals surface area contributed by atoms with Crippen LogP contribution in [-0.2, 0) is 20.7 Å². The SMILES string of the molecule is COC(=O)CC1Cc2ccc(C=CCCCCNC(=N)N)cc2NC1=O. The molecule has 2 rings (SSSR count). The number of rotatable bonds is 8. The number of guanidine groups is 1. The minimum atomic E-state index is -0.375. The molecule has 0 bridgehead atoms. The van der Waals surface area contributed by atoms with E-state index in [9.17, 15) is 9.59 Å². The standard InChI is InChI=1S/C19H26N4O3/c1-26-17(24)12-15-11-14-8-7-13(10-16(14)23-18(15)25)6-4-2-3-5-9-22-19(20)21/h4,6-8,10,15H,2-3,5,9,11-12H2,1H3,(H,23,25)(H4,20,21,22). The maximum Gasteiger partial charge on any atom is 0.306 e. The number of methoxy groups -OCH3 is 1. The molecule has 1 amide bonds. The van der Waals surface area contributed by atoms with Gasteiger partial charge in [-0.1, -0.05) is 24.3 Å². The Hall–Kier alpha value is -2.83. The highest BCUT2D eigenvalue weighted by atomic mass is 16.5. The van der Waals surface area contributed by atoms with Gasteiger partial charge in [-0.2, -0.15) is 0 Å². The van der Waals surface area contributed by atoms with Gasteiger partial charge in [0.15, 0.2) is 5.96 Å². The van der Waals surface area contributed by atoms with Crippen LogP contribution in [0.4, 0.5) is 5.69 Å². The van der Waals surface area contributed by atoms with E-state index in [4.69, 9.17) is 11.1 Å². The second kappa shape index (κ2) is 9.60. The summed E-state index contributed by atoms with van der Waals surface area (Å²) < 4.78 is 4.65. The van der Waals surface area contributed by atoms with E-state index in [-0.39, 0.29) is 30.2 Å². The number of ether oxygens (including phenoxy) is 1. The second-order valence-corrected chi connectivity index (χ2v) is 6.33. The predicted molar refractivity (Wildman–Crippen MR) is 102 cm³/mol. The Morgan fingerprint density at radius 2 is 2.27 bits per heavy atom. The van der Waals surface area contributed by atoms with Crippen LogP contribution in [0.15, 0.2) is 24.3 Å². The highest BCUT2D eigenvalue weighted by Gasteiger charge is 2.28. The number of hydrogen-bond donors (Lipinski definition) is 4. The molecule has 7 heteroatoms. The van der Waals surface area contributed by atoms with Gasteiger partial charge in [0.1, 0.15) is 0 Å². The Bertz CT molecular complexity index is 700. The number of allylic oxidation sites excluding steroid dienone is 1. The first-order valence-electron chi connectivity index (χ1n) is 8.74. The second-order valence-electron chi connectivity index (χ2n) is 6.33. The van der Waals surface area contributed by atoms with E-state index in [0.29, 0.717) is 13.0 Å². The fourth-order valence-electron chi connectivity index (χ4n) is 2.86. The minimum absolute atomic E-state index is 0.00507. The molecular weight excluding hydrogens is 332 g/mol. The first-order valence-corrected chi connectivity index (χ1v) is 8.74. The summed E-state index contributed by atoms with van der Waals surface area (Å²) in [5.74, 6) is -0.876. The van der Waals surface area contributed by atoms with Gasteiger partial charge in [-0.05, 0) is 42.9 Å². The molecule has 0 aromatic heterocycles. The molecule has 1 unspecified atom stereocenters. The molecule has 1 atom stereocenters. The van der Waals surface area contributed by atoms with Gasteiger partial charge >= 0.3 is 5.97 Å². The minimum Gasteiger partial charge on any atom is -0.469 e. The Morgan fingerprint density at radius 1 is 1.46 bits per heavy atom. The fourth-order valence-corrected chi connectivity index (χ4v) is 2.86. The zero-order valence-corrected chi connectivity index (χ0v) is 15.0. The zero-order chi connectivity index (χ0) is 18.9. The van der Waals surface area contributed by atoms with E-state index in [2.05, 4.69) is 21.4 Å². The lowest BCUT2D eigenvalue weighted by atomic mass is 9.90. The molecule has 1 heterocycles. The number of benzene rings is 1. The van der Waals surface area contributed by atoms with Crippen LogP contribution >= 0.6 is 0 Å². The van der Waals surface area contributed by atoms with E-state index in [1.54, 1.807) is 0 Å². The lowest BCUT2D eigenvalue weighted by molar-refractivity contribution is -0.143. The lowest BCUT2D eigenvalue weighted by Crippen LogP contribution is -2.31.